The van der Waals surface area contributed by atoms with Crippen molar-refractivity contribution >= 4 is 45.2 Å². The number of nitrogens with one attached hydrogen (secondary N) is 3. The number of carbonyl (C=O) groups excluding carboxylic acids is 2. The van der Waals surface area contributed by atoms with Crippen LogP contribution in [-0.4, -0.2) is 32.9 Å². The molecule has 1 aliphatic heterocycles. The van der Waals surface area contributed by atoms with Crippen molar-refractivity contribution in [1.29, 1.82) is 0 Å². The highest BCUT2D eigenvalue weighted by Crippen LogP contribution is 2.28. The second-order valence-electron chi connectivity index (χ2n) is 5.55. The number of amides is 3. The summed E-state index contributed by atoms with van der Waals surface area (Å²) >= 11 is 11.8. The van der Waals surface area contributed by atoms with Gasteiger partial charge in [-0.05, 0) is 42.5 Å². The molecule has 1 atom stereocenters. The van der Waals surface area contributed by atoms with E-state index in [0.717, 1.165) is 0 Å². The summed E-state index contributed by atoms with van der Waals surface area (Å²) in [6, 6.07) is 8.70. The summed E-state index contributed by atoms with van der Waals surface area (Å²) in [6.07, 6.45) is 0. The number of rotatable bonds is 6. The van der Waals surface area contributed by atoms with Gasteiger partial charge in [-0.1, -0.05) is 23.2 Å². The fraction of sp³-hybridized carbons (Fsp3) is 0.125. The van der Waals surface area contributed by atoms with Crippen molar-refractivity contribution in [2.24, 2.45) is 0 Å². The maximum atomic E-state index is 12.3. The average Bonchev–Trinajstić information content (AvgIpc) is 2.90. The van der Waals surface area contributed by atoms with Crippen LogP contribution < -0.4 is 20.1 Å². The van der Waals surface area contributed by atoms with E-state index in [4.69, 9.17) is 27.9 Å². The maximum absolute atomic E-state index is 12.3. The Bertz CT molecular complexity index is 975. The number of carbonyl (C=O) groups is 2. The van der Waals surface area contributed by atoms with E-state index in [9.17, 15) is 18.0 Å². The van der Waals surface area contributed by atoms with Crippen LogP contribution in [0.1, 0.15) is 0 Å². The maximum Gasteiger partial charge on any atom is 0.322 e. The molecule has 0 saturated carbocycles. The Morgan fingerprint density at radius 2 is 1.63 bits per heavy atom. The lowest BCUT2D eigenvalue weighted by Gasteiger charge is -2.11. The molecular formula is C16H13Cl2N3O5S. The minimum atomic E-state index is -3.87. The first-order chi connectivity index (χ1) is 12.7. The molecule has 1 heterocycles. The van der Waals surface area contributed by atoms with E-state index in [1.165, 1.54) is 24.3 Å². The highest BCUT2D eigenvalue weighted by Gasteiger charge is 2.30. The van der Waals surface area contributed by atoms with Gasteiger partial charge in [0.2, 0.25) is 10.0 Å². The third-order valence-electron chi connectivity index (χ3n) is 3.54. The zero-order chi connectivity index (χ0) is 19.6. The van der Waals surface area contributed by atoms with Gasteiger partial charge in [0.15, 0.2) is 0 Å². The molecule has 3 amide bonds. The molecule has 27 heavy (non-hydrogen) atoms. The van der Waals surface area contributed by atoms with E-state index in [1.807, 2.05) is 5.32 Å². The Labute approximate surface area is 164 Å². The van der Waals surface area contributed by atoms with E-state index in [1.54, 1.807) is 18.2 Å². The summed E-state index contributed by atoms with van der Waals surface area (Å²) in [6.45, 7) is -0.265. The van der Waals surface area contributed by atoms with Gasteiger partial charge in [0.25, 0.3) is 5.91 Å². The zero-order valence-corrected chi connectivity index (χ0v) is 15.9. The van der Waals surface area contributed by atoms with Crippen LogP contribution in [0.4, 0.5) is 4.79 Å². The molecule has 0 bridgehead atoms. The molecule has 0 spiro atoms. The standard InChI is InChI=1S/C16H13Cl2N3O5S/c17-9-5-10(18)7-12(6-9)26-11-1-3-13(4-2-11)27(24,25)19-8-14-15(22)21-16(23)20-14/h1-7,14,19H,8H2,(H2,20,21,22,23). The van der Waals surface area contributed by atoms with E-state index in [0.29, 0.717) is 21.5 Å². The van der Waals surface area contributed by atoms with Crippen LogP contribution in [0.2, 0.25) is 10.0 Å². The summed E-state index contributed by atoms with van der Waals surface area (Å²) in [4.78, 5) is 22.5. The number of sulfonamides is 1. The van der Waals surface area contributed by atoms with Crippen LogP contribution in [0.3, 0.4) is 0 Å². The first-order valence-electron chi connectivity index (χ1n) is 7.58. The van der Waals surface area contributed by atoms with Gasteiger partial charge >= 0.3 is 6.03 Å². The molecule has 1 fully saturated rings. The van der Waals surface area contributed by atoms with Gasteiger partial charge in [-0.25, -0.2) is 17.9 Å². The zero-order valence-electron chi connectivity index (χ0n) is 13.5. The molecular weight excluding hydrogens is 417 g/mol. The van der Waals surface area contributed by atoms with Gasteiger partial charge in [0, 0.05) is 16.6 Å². The molecule has 0 aliphatic carbocycles. The highest BCUT2D eigenvalue weighted by molar-refractivity contribution is 7.89. The second kappa shape index (κ2) is 7.73. The predicted molar refractivity (Wildman–Crippen MR) is 98.6 cm³/mol. The average molecular weight is 430 g/mol. The normalized spacial score (nSPS) is 16.7. The molecule has 3 N–H and O–H groups in total. The predicted octanol–water partition coefficient (Wildman–Crippen LogP) is 2.27. The molecule has 3 rings (SSSR count). The lowest BCUT2D eigenvalue weighted by atomic mass is 10.3. The summed E-state index contributed by atoms with van der Waals surface area (Å²) in [5.41, 5.74) is 0. The summed E-state index contributed by atoms with van der Waals surface area (Å²) in [7, 11) is -3.87. The van der Waals surface area contributed by atoms with Crippen LogP contribution in [0.25, 0.3) is 0 Å². The molecule has 8 nitrogen and oxygen atoms in total. The quantitative estimate of drug-likeness (QED) is 0.609. The largest absolute Gasteiger partial charge is 0.457 e. The lowest BCUT2D eigenvalue weighted by Crippen LogP contribution is -2.41. The number of hydrogen-bond acceptors (Lipinski definition) is 5. The molecule has 1 saturated heterocycles. The topological polar surface area (TPSA) is 114 Å². The van der Waals surface area contributed by atoms with Crippen molar-refractivity contribution in [3.05, 3.63) is 52.5 Å². The fourth-order valence-electron chi connectivity index (χ4n) is 2.29. The van der Waals surface area contributed by atoms with E-state index < -0.39 is 28.0 Å². The lowest BCUT2D eigenvalue weighted by molar-refractivity contribution is -0.120. The Morgan fingerprint density at radius 1 is 1.00 bits per heavy atom. The van der Waals surface area contributed by atoms with Crippen LogP contribution in [0.15, 0.2) is 47.4 Å². The van der Waals surface area contributed by atoms with Gasteiger partial charge < -0.3 is 10.1 Å². The summed E-state index contributed by atoms with van der Waals surface area (Å²) in [5.74, 6) is 0.200. The van der Waals surface area contributed by atoms with Crippen molar-refractivity contribution in [2.75, 3.05) is 6.54 Å². The van der Waals surface area contributed by atoms with Gasteiger partial charge in [0.05, 0.1) is 4.90 Å². The number of halogens is 2. The molecule has 1 aliphatic rings. The van der Waals surface area contributed by atoms with Crippen LogP contribution in [0, 0.1) is 0 Å². The first-order valence-corrected chi connectivity index (χ1v) is 9.82. The molecule has 0 radical (unpaired) electrons. The van der Waals surface area contributed by atoms with E-state index >= 15 is 0 Å². The third-order valence-corrected chi connectivity index (χ3v) is 5.42. The minimum Gasteiger partial charge on any atom is -0.457 e. The Kier molecular flexibility index (Phi) is 5.56. The number of benzene rings is 2. The Balaban J connectivity index is 1.66. The van der Waals surface area contributed by atoms with Crippen molar-refractivity contribution in [3.63, 3.8) is 0 Å². The van der Waals surface area contributed by atoms with Gasteiger partial charge in [-0.15, -0.1) is 0 Å². The second-order valence-corrected chi connectivity index (χ2v) is 8.19. The Morgan fingerprint density at radius 3 is 2.19 bits per heavy atom. The smallest absolute Gasteiger partial charge is 0.322 e. The Hall–Kier alpha value is -2.33. The number of hydrogen-bond donors (Lipinski definition) is 3. The van der Waals surface area contributed by atoms with Crippen LogP contribution >= 0.6 is 23.2 Å². The third kappa shape index (κ3) is 4.89. The van der Waals surface area contributed by atoms with Crippen LogP contribution in [-0.2, 0) is 14.8 Å². The van der Waals surface area contributed by atoms with Crippen molar-refractivity contribution < 1.29 is 22.7 Å². The number of ether oxygens (including phenoxy) is 1. The number of imide groups is 1. The minimum absolute atomic E-state index is 0.0243. The van der Waals surface area contributed by atoms with Gasteiger partial charge in [0.1, 0.15) is 17.5 Å². The van der Waals surface area contributed by atoms with Gasteiger partial charge in [-0.3, -0.25) is 10.1 Å². The SMILES string of the molecule is O=C1NC(=O)C(CNS(=O)(=O)c2ccc(Oc3cc(Cl)cc(Cl)c3)cc2)N1. The molecule has 0 aromatic heterocycles. The monoisotopic (exact) mass is 429 g/mol. The summed E-state index contributed by atoms with van der Waals surface area (Å²) in [5, 5.41) is 5.14. The summed E-state index contributed by atoms with van der Waals surface area (Å²) < 4.78 is 32.5. The molecule has 142 valence electrons. The molecule has 11 heteroatoms. The van der Waals surface area contributed by atoms with E-state index in [-0.39, 0.29) is 11.4 Å². The first kappa shape index (κ1) is 19.4. The van der Waals surface area contributed by atoms with Crippen LogP contribution in [0.5, 0.6) is 11.5 Å². The molecule has 2 aromatic rings. The fourth-order valence-corrected chi connectivity index (χ4v) is 3.84. The van der Waals surface area contributed by atoms with Gasteiger partial charge in [-0.2, -0.15) is 0 Å². The number of urea groups is 1. The van der Waals surface area contributed by atoms with Crippen molar-refractivity contribution in [2.45, 2.75) is 10.9 Å². The van der Waals surface area contributed by atoms with Crippen molar-refractivity contribution in [1.82, 2.24) is 15.4 Å². The van der Waals surface area contributed by atoms with Crippen molar-refractivity contribution in [3.8, 4) is 11.5 Å². The molecule has 1 unspecified atom stereocenters. The van der Waals surface area contributed by atoms with E-state index in [2.05, 4.69) is 10.0 Å². The highest BCUT2D eigenvalue weighted by atomic mass is 35.5. The molecule has 2 aromatic carbocycles.